The molecule has 3 unspecified atom stereocenters. The van der Waals surface area contributed by atoms with Gasteiger partial charge in [0.05, 0.1) is 0 Å². The van der Waals surface area contributed by atoms with E-state index in [4.69, 9.17) is 0 Å². The molecule has 1 aliphatic carbocycles. The zero-order valence-electron chi connectivity index (χ0n) is 9.33. The Kier molecular flexibility index (Phi) is 2.64. The molecular weight excluding hydrogens is 172 g/mol. The minimum atomic E-state index is 0.712. The Hall–Kier alpha value is -0.760. The van der Waals surface area contributed by atoms with Crippen molar-refractivity contribution < 1.29 is 0 Å². The van der Waals surface area contributed by atoms with Crippen molar-refractivity contribution >= 4 is 0 Å². The van der Waals surface area contributed by atoms with E-state index >= 15 is 0 Å². The minimum absolute atomic E-state index is 0.712. The first kappa shape index (κ1) is 9.78. The molecule has 0 spiro atoms. The largest absolute Gasteiger partial charge is 0.388 e. The molecule has 3 atom stereocenters. The Balaban J connectivity index is 2.11. The highest BCUT2D eigenvalue weighted by Crippen LogP contribution is 2.32. The number of hydrogen-bond donors (Lipinski definition) is 1. The van der Waals surface area contributed by atoms with E-state index in [-0.39, 0.29) is 0 Å². The molecule has 0 bridgehead atoms. The summed E-state index contributed by atoms with van der Waals surface area (Å²) in [5.74, 6) is 1.47. The van der Waals surface area contributed by atoms with Crippen molar-refractivity contribution in [3.05, 3.63) is 23.9 Å². The predicted octanol–water partition coefficient (Wildman–Crippen LogP) is 1.62. The molecule has 14 heavy (non-hydrogen) atoms. The average molecular weight is 192 g/mol. The Labute approximate surface area is 86.7 Å². The maximum atomic E-state index is 3.22. The van der Waals surface area contributed by atoms with Gasteiger partial charge < -0.3 is 10.2 Å². The number of nitrogens with one attached hydrogen (secondary N) is 1. The number of hydrogen-bond acceptors (Lipinski definition) is 2. The van der Waals surface area contributed by atoms with Gasteiger partial charge in [0.2, 0.25) is 0 Å². The average Bonchev–Trinajstić information content (AvgIpc) is 2.19. The molecule has 0 radical (unpaired) electrons. The molecule has 2 heteroatoms. The van der Waals surface area contributed by atoms with E-state index in [2.05, 4.69) is 42.4 Å². The lowest BCUT2D eigenvalue weighted by Crippen LogP contribution is -2.43. The van der Waals surface area contributed by atoms with Crippen LogP contribution in [0.4, 0.5) is 0 Å². The Morgan fingerprint density at radius 2 is 2.21 bits per heavy atom. The van der Waals surface area contributed by atoms with Crippen LogP contribution in [0.15, 0.2) is 23.9 Å². The van der Waals surface area contributed by atoms with Gasteiger partial charge in [-0.15, -0.1) is 0 Å². The van der Waals surface area contributed by atoms with Crippen LogP contribution in [0.5, 0.6) is 0 Å². The van der Waals surface area contributed by atoms with E-state index in [0.717, 1.165) is 12.0 Å². The highest BCUT2D eigenvalue weighted by molar-refractivity contribution is 5.25. The molecule has 0 aromatic heterocycles. The SMILES string of the molecule is CNC1=CC2CN(C)C(C)CC2C=C1. The monoisotopic (exact) mass is 192 g/mol. The van der Waals surface area contributed by atoms with Crippen molar-refractivity contribution in [2.75, 3.05) is 20.6 Å². The van der Waals surface area contributed by atoms with Crippen LogP contribution in [0.2, 0.25) is 0 Å². The summed E-state index contributed by atoms with van der Waals surface area (Å²) in [6.45, 7) is 3.52. The second kappa shape index (κ2) is 3.77. The molecule has 2 rings (SSSR count). The molecule has 78 valence electrons. The van der Waals surface area contributed by atoms with Crippen LogP contribution in [0, 0.1) is 11.8 Å². The number of likely N-dealkylation sites (N-methyl/N-ethyl adjacent to an activating group) is 1. The van der Waals surface area contributed by atoms with Crippen molar-refractivity contribution in [3.63, 3.8) is 0 Å². The third-order valence-electron chi connectivity index (χ3n) is 3.62. The number of fused-ring (bicyclic) bond motifs is 1. The summed E-state index contributed by atoms with van der Waals surface area (Å²) < 4.78 is 0. The van der Waals surface area contributed by atoms with Gasteiger partial charge in [-0.25, -0.2) is 0 Å². The maximum absolute atomic E-state index is 3.22. The first-order chi connectivity index (χ1) is 6.70. The van der Waals surface area contributed by atoms with Crippen LogP contribution in [-0.4, -0.2) is 31.6 Å². The molecule has 1 fully saturated rings. The summed E-state index contributed by atoms with van der Waals surface area (Å²) >= 11 is 0. The minimum Gasteiger partial charge on any atom is -0.388 e. The Bertz CT molecular complexity index is 267. The lowest BCUT2D eigenvalue weighted by Gasteiger charge is -2.40. The third kappa shape index (κ3) is 1.71. The van der Waals surface area contributed by atoms with Gasteiger partial charge >= 0.3 is 0 Å². The van der Waals surface area contributed by atoms with Gasteiger partial charge in [0.15, 0.2) is 0 Å². The molecule has 2 nitrogen and oxygen atoms in total. The third-order valence-corrected chi connectivity index (χ3v) is 3.62. The van der Waals surface area contributed by atoms with Crippen molar-refractivity contribution in [3.8, 4) is 0 Å². The van der Waals surface area contributed by atoms with Gasteiger partial charge in [0, 0.05) is 25.3 Å². The summed E-state index contributed by atoms with van der Waals surface area (Å²) in [6, 6.07) is 0.727. The van der Waals surface area contributed by atoms with Crippen molar-refractivity contribution in [2.45, 2.75) is 19.4 Å². The molecule has 2 aliphatic rings. The van der Waals surface area contributed by atoms with E-state index in [1.807, 2.05) is 7.05 Å². The van der Waals surface area contributed by atoms with E-state index in [1.165, 1.54) is 18.7 Å². The Morgan fingerprint density at radius 1 is 1.43 bits per heavy atom. The second-order valence-electron chi connectivity index (χ2n) is 4.58. The van der Waals surface area contributed by atoms with Crippen LogP contribution in [0.3, 0.4) is 0 Å². The smallest absolute Gasteiger partial charge is 0.0297 e. The van der Waals surface area contributed by atoms with Crippen molar-refractivity contribution in [1.29, 1.82) is 0 Å². The maximum Gasteiger partial charge on any atom is 0.0297 e. The van der Waals surface area contributed by atoms with Crippen LogP contribution >= 0.6 is 0 Å². The summed E-state index contributed by atoms with van der Waals surface area (Å²) in [5, 5.41) is 3.22. The Morgan fingerprint density at radius 3 is 2.93 bits per heavy atom. The molecule has 1 saturated heterocycles. The van der Waals surface area contributed by atoms with Gasteiger partial charge in [-0.05, 0) is 38.3 Å². The fourth-order valence-corrected chi connectivity index (χ4v) is 2.47. The van der Waals surface area contributed by atoms with Crippen LogP contribution in [0.25, 0.3) is 0 Å². The van der Waals surface area contributed by atoms with Crippen LogP contribution in [-0.2, 0) is 0 Å². The van der Waals surface area contributed by atoms with E-state index in [9.17, 15) is 0 Å². The molecular formula is C12H20N2. The summed E-state index contributed by atoms with van der Waals surface area (Å²) in [7, 11) is 4.22. The quantitative estimate of drug-likeness (QED) is 0.679. The number of piperidine rings is 1. The lowest BCUT2D eigenvalue weighted by atomic mass is 9.79. The predicted molar refractivity (Wildman–Crippen MR) is 60.0 cm³/mol. The molecule has 1 aliphatic heterocycles. The topological polar surface area (TPSA) is 15.3 Å². The van der Waals surface area contributed by atoms with Gasteiger partial charge in [-0.3, -0.25) is 0 Å². The molecule has 0 aromatic carbocycles. The van der Waals surface area contributed by atoms with Crippen LogP contribution in [0.1, 0.15) is 13.3 Å². The summed E-state index contributed by atoms with van der Waals surface area (Å²) in [5.41, 5.74) is 1.27. The lowest BCUT2D eigenvalue weighted by molar-refractivity contribution is 0.136. The first-order valence-corrected chi connectivity index (χ1v) is 5.48. The standard InChI is InChI=1S/C12H20N2/c1-9-6-10-4-5-12(13-2)7-11(10)8-14(9)3/h4-5,7,9-11,13H,6,8H2,1-3H3. The van der Waals surface area contributed by atoms with Crippen molar-refractivity contribution in [2.24, 2.45) is 11.8 Å². The highest BCUT2D eigenvalue weighted by atomic mass is 15.1. The molecule has 0 saturated carbocycles. The number of likely N-dealkylation sites (tertiary alicyclic amines) is 1. The molecule has 0 amide bonds. The number of rotatable bonds is 1. The van der Waals surface area contributed by atoms with Gasteiger partial charge in [-0.1, -0.05) is 12.2 Å². The fraction of sp³-hybridized carbons (Fsp3) is 0.667. The van der Waals surface area contributed by atoms with Crippen molar-refractivity contribution in [1.82, 2.24) is 10.2 Å². The fourth-order valence-electron chi connectivity index (χ4n) is 2.47. The first-order valence-electron chi connectivity index (χ1n) is 5.48. The van der Waals surface area contributed by atoms with Gasteiger partial charge in [0.25, 0.3) is 0 Å². The zero-order chi connectivity index (χ0) is 10.1. The van der Waals surface area contributed by atoms with Gasteiger partial charge in [-0.2, -0.15) is 0 Å². The van der Waals surface area contributed by atoms with E-state index < -0.39 is 0 Å². The van der Waals surface area contributed by atoms with E-state index in [1.54, 1.807) is 0 Å². The summed E-state index contributed by atoms with van der Waals surface area (Å²) in [4.78, 5) is 2.46. The second-order valence-corrected chi connectivity index (χ2v) is 4.58. The highest BCUT2D eigenvalue weighted by Gasteiger charge is 2.30. The molecule has 1 N–H and O–H groups in total. The normalized spacial score (nSPS) is 37.6. The number of nitrogens with zero attached hydrogens (tertiary/aromatic N) is 1. The summed E-state index contributed by atoms with van der Waals surface area (Å²) in [6.07, 6.45) is 8.28. The zero-order valence-corrected chi connectivity index (χ0v) is 9.33. The number of allylic oxidation sites excluding steroid dienone is 2. The molecule has 1 heterocycles. The van der Waals surface area contributed by atoms with E-state index in [0.29, 0.717) is 5.92 Å². The molecule has 0 aromatic rings. The van der Waals surface area contributed by atoms with Gasteiger partial charge in [0.1, 0.15) is 0 Å². The van der Waals surface area contributed by atoms with Crippen LogP contribution < -0.4 is 5.32 Å².